The second-order valence-corrected chi connectivity index (χ2v) is 22.0. The standard InChI is InChI=1S/C60H80O4/c1-17-27-61-53-41-23-21-24-42-34-51(59(11,12)13)39-47(55(42)63-29-19-3)32-48-40-52(60(14,15)16)36-44(56(48)64-30-20-4)26-22-25-43-35-50(58(8,9)10)38-46(54(43)62-28-18-2)31-45(53)37-49(33-41)57(5,6)7/h17-20,33-40H,1-4,21-32H2,5-16H3. The molecule has 0 aromatic heterocycles. The van der Waals surface area contributed by atoms with Gasteiger partial charge in [-0.1, -0.05) is 182 Å². The van der Waals surface area contributed by atoms with Crippen molar-refractivity contribution in [1.82, 2.24) is 0 Å². The van der Waals surface area contributed by atoms with Crippen LogP contribution >= 0.6 is 0 Å². The third-order valence-electron chi connectivity index (χ3n) is 12.4. The predicted molar refractivity (Wildman–Crippen MR) is 273 cm³/mol. The van der Waals surface area contributed by atoms with E-state index in [-0.39, 0.29) is 21.7 Å². The molecular weight excluding hydrogens is 785 g/mol. The second kappa shape index (κ2) is 20.9. The van der Waals surface area contributed by atoms with Gasteiger partial charge in [-0.2, -0.15) is 0 Å². The van der Waals surface area contributed by atoms with Gasteiger partial charge in [0.25, 0.3) is 0 Å². The number of hydrogen-bond acceptors (Lipinski definition) is 4. The number of hydrogen-bond donors (Lipinski definition) is 0. The molecule has 8 bridgehead atoms. The van der Waals surface area contributed by atoms with Crippen LogP contribution in [0.5, 0.6) is 23.0 Å². The van der Waals surface area contributed by atoms with E-state index in [2.05, 4.69) is 158 Å². The van der Waals surface area contributed by atoms with Crippen molar-refractivity contribution in [3.05, 3.63) is 166 Å². The van der Waals surface area contributed by atoms with Gasteiger partial charge in [-0.05, 0) is 127 Å². The van der Waals surface area contributed by atoms with Crippen LogP contribution in [-0.4, -0.2) is 26.4 Å². The summed E-state index contributed by atoms with van der Waals surface area (Å²) in [6.45, 7) is 45.5. The third kappa shape index (κ3) is 12.6. The Hall–Kier alpha value is -4.96. The molecular formula is C60H80O4. The van der Waals surface area contributed by atoms with Gasteiger partial charge in [0.1, 0.15) is 49.4 Å². The van der Waals surface area contributed by atoms with Crippen molar-refractivity contribution in [1.29, 1.82) is 0 Å². The summed E-state index contributed by atoms with van der Waals surface area (Å²) in [4.78, 5) is 0. The van der Waals surface area contributed by atoms with Gasteiger partial charge in [-0.15, -0.1) is 0 Å². The highest BCUT2D eigenvalue weighted by molar-refractivity contribution is 5.56. The van der Waals surface area contributed by atoms with E-state index >= 15 is 0 Å². The minimum absolute atomic E-state index is 0.0760. The lowest BCUT2D eigenvalue weighted by Gasteiger charge is -2.27. The molecule has 0 N–H and O–H groups in total. The summed E-state index contributed by atoms with van der Waals surface area (Å²) in [5, 5.41) is 0. The monoisotopic (exact) mass is 865 g/mol. The van der Waals surface area contributed by atoms with E-state index < -0.39 is 0 Å². The molecule has 1 aliphatic carbocycles. The maximum atomic E-state index is 6.74. The molecule has 0 saturated carbocycles. The molecule has 64 heavy (non-hydrogen) atoms. The van der Waals surface area contributed by atoms with Crippen LogP contribution in [0.15, 0.2) is 99.2 Å². The van der Waals surface area contributed by atoms with E-state index in [1.807, 2.05) is 24.3 Å². The quantitative estimate of drug-likeness (QED) is 0.133. The van der Waals surface area contributed by atoms with Crippen LogP contribution in [-0.2, 0) is 60.2 Å². The van der Waals surface area contributed by atoms with Gasteiger partial charge in [0.15, 0.2) is 0 Å². The number of rotatable bonds is 12. The van der Waals surface area contributed by atoms with Gasteiger partial charge < -0.3 is 18.9 Å². The van der Waals surface area contributed by atoms with Crippen molar-refractivity contribution in [3.63, 3.8) is 0 Å². The van der Waals surface area contributed by atoms with Gasteiger partial charge in [0.2, 0.25) is 0 Å². The minimum Gasteiger partial charge on any atom is -0.489 e. The van der Waals surface area contributed by atoms with Crippen LogP contribution in [0.25, 0.3) is 0 Å². The van der Waals surface area contributed by atoms with Crippen LogP contribution in [0.3, 0.4) is 0 Å². The van der Waals surface area contributed by atoms with Gasteiger partial charge in [0.05, 0.1) is 0 Å². The van der Waals surface area contributed by atoms with Gasteiger partial charge in [-0.3, -0.25) is 0 Å². The summed E-state index contributed by atoms with van der Waals surface area (Å²) in [6, 6.07) is 19.0. The average Bonchev–Trinajstić information content (AvgIpc) is 3.20. The van der Waals surface area contributed by atoms with E-state index in [0.717, 1.165) is 61.5 Å². The Morgan fingerprint density at radius 2 is 0.531 bits per heavy atom. The zero-order valence-electron chi connectivity index (χ0n) is 41.9. The molecule has 0 saturated heterocycles. The summed E-state index contributed by atoms with van der Waals surface area (Å²) in [5.74, 6) is 3.80. The van der Waals surface area contributed by atoms with Crippen LogP contribution in [0, 0.1) is 0 Å². The Morgan fingerprint density at radius 1 is 0.344 bits per heavy atom. The van der Waals surface area contributed by atoms with Gasteiger partial charge >= 0.3 is 0 Å². The topological polar surface area (TPSA) is 36.9 Å². The summed E-state index contributed by atoms with van der Waals surface area (Å²) in [7, 11) is 0. The molecule has 4 heteroatoms. The smallest absolute Gasteiger partial charge is 0.126 e. The number of ether oxygens (including phenoxy) is 4. The van der Waals surface area contributed by atoms with E-state index in [4.69, 9.17) is 18.9 Å². The number of aryl methyl sites for hydroxylation is 4. The zero-order chi connectivity index (χ0) is 47.0. The summed E-state index contributed by atoms with van der Waals surface area (Å²) in [5.41, 5.74) is 14.4. The van der Waals surface area contributed by atoms with E-state index in [9.17, 15) is 0 Å². The van der Waals surface area contributed by atoms with Crippen molar-refractivity contribution in [2.75, 3.05) is 26.4 Å². The summed E-state index contributed by atoms with van der Waals surface area (Å²) >= 11 is 0. The van der Waals surface area contributed by atoms with Crippen LogP contribution < -0.4 is 18.9 Å². The Bertz CT molecular complexity index is 1970. The molecule has 0 unspecified atom stereocenters. The molecule has 0 heterocycles. The molecule has 0 aliphatic heterocycles. The predicted octanol–water partition coefficient (Wildman–Crippen LogP) is 15.0. The Morgan fingerprint density at radius 3 is 0.703 bits per heavy atom. The summed E-state index contributed by atoms with van der Waals surface area (Å²) < 4.78 is 27.0. The molecule has 0 fully saturated rings. The molecule has 344 valence electrons. The fourth-order valence-electron chi connectivity index (χ4n) is 8.68. The third-order valence-corrected chi connectivity index (χ3v) is 12.4. The molecule has 4 aromatic carbocycles. The maximum absolute atomic E-state index is 6.74. The highest BCUT2D eigenvalue weighted by Crippen LogP contribution is 2.42. The molecule has 1 aliphatic rings. The lowest BCUT2D eigenvalue weighted by Crippen LogP contribution is -2.16. The zero-order valence-corrected chi connectivity index (χ0v) is 41.9. The molecule has 0 radical (unpaired) electrons. The first kappa shape index (κ1) is 50.0. The lowest BCUT2D eigenvalue weighted by molar-refractivity contribution is 0.348. The first-order chi connectivity index (χ1) is 30.1. The molecule has 0 amide bonds. The maximum Gasteiger partial charge on any atom is 0.126 e. The number of benzene rings is 4. The molecule has 0 atom stereocenters. The van der Waals surface area contributed by atoms with Crippen LogP contribution in [0.2, 0.25) is 0 Å². The van der Waals surface area contributed by atoms with E-state index in [1.54, 1.807) is 0 Å². The highest BCUT2D eigenvalue weighted by Gasteiger charge is 2.27. The SMILES string of the molecule is C=CCOc1c2cc(C(C)(C)C)cc1Cc1cc(C(C)(C)C)cc(c1OCC=C)CCCc1cc(C(C)(C)C)cc(c1OCC=C)Cc1cc(C(C)(C)C)cc(c1OCC=C)CCC2. The van der Waals surface area contributed by atoms with Gasteiger partial charge in [-0.25, -0.2) is 0 Å². The second-order valence-electron chi connectivity index (χ2n) is 22.0. The van der Waals surface area contributed by atoms with Crippen molar-refractivity contribution in [2.45, 2.75) is 156 Å². The van der Waals surface area contributed by atoms with E-state index in [0.29, 0.717) is 39.3 Å². The lowest BCUT2D eigenvalue weighted by atomic mass is 9.80. The van der Waals surface area contributed by atoms with E-state index in [1.165, 1.54) is 66.8 Å². The molecule has 5 rings (SSSR count). The van der Waals surface area contributed by atoms with Crippen molar-refractivity contribution in [3.8, 4) is 23.0 Å². The van der Waals surface area contributed by atoms with Crippen LogP contribution in [0.4, 0.5) is 0 Å². The minimum atomic E-state index is -0.0760. The highest BCUT2D eigenvalue weighted by atomic mass is 16.5. The Labute approximate surface area is 388 Å². The fraction of sp³-hybridized carbons (Fsp3) is 0.467. The van der Waals surface area contributed by atoms with Crippen molar-refractivity contribution < 1.29 is 18.9 Å². The first-order valence-corrected chi connectivity index (χ1v) is 23.7. The van der Waals surface area contributed by atoms with Crippen molar-refractivity contribution in [2.24, 2.45) is 0 Å². The molecule has 0 spiro atoms. The molecule has 4 nitrogen and oxygen atoms in total. The fourth-order valence-corrected chi connectivity index (χ4v) is 8.68. The van der Waals surface area contributed by atoms with Crippen molar-refractivity contribution >= 4 is 0 Å². The first-order valence-electron chi connectivity index (χ1n) is 23.7. The Balaban J connectivity index is 1.86. The largest absolute Gasteiger partial charge is 0.489 e. The number of fused-ring (bicyclic) bond motifs is 8. The molecule has 4 aromatic rings. The Kier molecular flexibility index (Phi) is 16.3. The van der Waals surface area contributed by atoms with Gasteiger partial charge in [0, 0.05) is 12.8 Å². The van der Waals surface area contributed by atoms with Crippen LogP contribution in [0.1, 0.15) is 163 Å². The average molecular weight is 865 g/mol. The summed E-state index contributed by atoms with van der Waals surface area (Å²) in [6.07, 6.45) is 13.9. The normalized spacial score (nSPS) is 13.9.